The highest BCUT2D eigenvalue weighted by Crippen LogP contribution is 2.31. The smallest absolute Gasteiger partial charge is 0.237 e. The van der Waals surface area contributed by atoms with E-state index in [4.69, 9.17) is 10.5 Å². The first-order valence-corrected chi connectivity index (χ1v) is 6.91. The van der Waals surface area contributed by atoms with Gasteiger partial charge in [0.2, 0.25) is 5.91 Å². The highest BCUT2D eigenvalue weighted by Gasteiger charge is 2.26. The van der Waals surface area contributed by atoms with Gasteiger partial charge in [0.15, 0.2) is 0 Å². The van der Waals surface area contributed by atoms with E-state index in [1.807, 2.05) is 38.1 Å². The Balaban J connectivity index is 0.00000200. The Hall–Kier alpha value is -1.26. The van der Waals surface area contributed by atoms with Crippen LogP contribution in [0.3, 0.4) is 0 Å². The lowest BCUT2D eigenvalue weighted by Crippen LogP contribution is -2.46. The molecule has 1 amide bonds. The molecule has 0 radical (unpaired) electrons. The van der Waals surface area contributed by atoms with Crippen LogP contribution in [-0.2, 0) is 4.79 Å². The van der Waals surface area contributed by atoms with Gasteiger partial charge in [-0.05, 0) is 12.0 Å². The molecule has 5 heteroatoms. The summed E-state index contributed by atoms with van der Waals surface area (Å²) in [5, 5.41) is 3.05. The summed E-state index contributed by atoms with van der Waals surface area (Å²) in [6, 6.07) is 7.39. The minimum Gasteiger partial charge on any atom is -0.493 e. The van der Waals surface area contributed by atoms with Crippen LogP contribution in [0, 0.1) is 5.92 Å². The molecule has 112 valence electrons. The van der Waals surface area contributed by atoms with E-state index in [1.54, 1.807) is 0 Å². The number of carbonyl (C=O) groups is 1. The zero-order valence-electron chi connectivity index (χ0n) is 12.0. The summed E-state index contributed by atoms with van der Waals surface area (Å²) in [5.41, 5.74) is 7.01. The summed E-state index contributed by atoms with van der Waals surface area (Å²) < 4.78 is 5.58. The third-order valence-corrected chi connectivity index (χ3v) is 3.83. The second kappa shape index (κ2) is 7.50. The number of nitrogens with one attached hydrogen (secondary N) is 1. The van der Waals surface area contributed by atoms with Crippen LogP contribution in [0.25, 0.3) is 0 Å². The van der Waals surface area contributed by atoms with Gasteiger partial charge in [0.05, 0.1) is 18.7 Å². The first-order valence-electron chi connectivity index (χ1n) is 6.91. The van der Waals surface area contributed by atoms with Crippen molar-refractivity contribution in [2.24, 2.45) is 11.7 Å². The summed E-state index contributed by atoms with van der Waals surface area (Å²) in [5.74, 6) is 0.974. The van der Waals surface area contributed by atoms with Gasteiger partial charge in [0.25, 0.3) is 0 Å². The predicted octanol–water partition coefficient (Wildman–Crippen LogP) is 2.42. The number of ether oxygens (including phenoxy) is 1. The van der Waals surface area contributed by atoms with E-state index in [-0.39, 0.29) is 30.3 Å². The van der Waals surface area contributed by atoms with E-state index in [0.29, 0.717) is 6.61 Å². The van der Waals surface area contributed by atoms with Gasteiger partial charge in [-0.15, -0.1) is 12.4 Å². The summed E-state index contributed by atoms with van der Waals surface area (Å²) in [7, 11) is 0. The molecule has 2 rings (SSSR count). The number of para-hydroxylation sites is 1. The lowest BCUT2D eigenvalue weighted by atomic mass is 9.97. The Morgan fingerprint density at radius 2 is 2.20 bits per heavy atom. The number of fused-ring (bicyclic) bond motifs is 1. The number of halogens is 1. The Kier molecular flexibility index (Phi) is 6.30. The fourth-order valence-electron chi connectivity index (χ4n) is 2.27. The average molecular weight is 299 g/mol. The van der Waals surface area contributed by atoms with E-state index in [2.05, 4.69) is 5.32 Å². The molecule has 0 bridgehead atoms. The van der Waals surface area contributed by atoms with Gasteiger partial charge in [0.1, 0.15) is 5.75 Å². The van der Waals surface area contributed by atoms with E-state index in [9.17, 15) is 4.79 Å². The molecule has 3 unspecified atom stereocenters. The number of nitrogens with two attached hydrogens (primary N) is 1. The van der Waals surface area contributed by atoms with Crippen molar-refractivity contribution in [2.75, 3.05) is 6.61 Å². The van der Waals surface area contributed by atoms with Crippen molar-refractivity contribution >= 4 is 18.3 Å². The van der Waals surface area contributed by atoms with E-state index in [0.717, 1.165) is 24.2 Å². The second-order valence-corrected chi connectivity index (χ2v) is 5.15. The molecule has 1 aromatic rings. The van der Waals surface area contributed by atoms with E-state index in [1.165, 1.54) is 0 Å². The van der Waals surface area contributed by atoms with Crippen molar-refractivity contribution in [3.8, 4) is 5.75 Å². The number of rotatable bonds is 4. The molecule has 1 aliphatic rings. The van der Waals surface area contributed by atoms with Crippen LogP contribution in [0.15, 0.2) is 24.3 Å². The molecule has 4 nitrogen and oxygen atoms in total. The minimum absolute atomic E-state index is 0. The normalized spacial score (nSPS) is 19.9. The maximum absolute atomic E-state index is 12.1. The van der Waals surface area contributed by atoms with Crippen molar-refractivity contribution in [2.45, 2.75) is 38.8 Å². The molecule has 1 heterocycles. The largest absolute Gasteiger partial charge is 0.493 e. The van der Waals surface area contributed by atoms with Crippen LogP contribution in [0.2, 0.25) is 0 Å². The third kappa shape index (κ3) is 3.64. The molecule has 0 fully saturated rings. The first kappa shape index (κ1) is 16.8. The maximum atomic E-state index is 12.1. The SMILES string of the molecule is CCC(C)C(N)C(=O)NC1CCOc2ccccc21.Cl. The summed E-state index contributed by atoms with van der Waals surface area (Å²) >= 11 is 0. The highest BCUT2D eigenvalue weighted by molar-refractivity contribution is 5.85. The van der Waals surface area contributed by atoms with Crippen molar-refractivity contribution in [1.82, 2.24) is 5.32 Å². The zero-order valence-corrected chi connectivity index (χ0v) is 12.8. The van der Waals surface area contributed by atoms with Crippen molar-refractivity contribution in [1.29, 1.82) is 0 Å². The highest BCUT2D eigenvalue weighted by atomic mass is 35.5. The molecule has 3 N–H and O–H groups in total. The van der Waals surface area contributed by atoms with Crippen LogP contribution in [-0.4, -0.2) is 18.6 Å². The van der Waals surface area contributed by atoms with Crippen LogP contribution < -0.4 is 15.8 Å². The zero-order chi connectivity index (χ0) is 13.8. The lowest BCUT2D eigenvalue weighted by Gasteiger charge is -2.28. The van der Waals surface area contributed by atoms with Gasteiger partial charge in [-0.1, -0.05) is 38.5 Å². The number of hydrogen-bond acceptors (Lipinski definition) is 3. The van der Waals surface area contributed by atoms with Gasteiger partial charge in [-0.3, -0.25) is 4.79 Å². The van der Waals surface area contributed by atoms with Crippen LogP contribution in [0.5, 0.6) is 5.75 Å². The van der Waals surface area contributed by atoms with Crippen LogP contribution in [0.4, 0.5) is 0 Å². The number of hydrogen-bond donors (Lipinski definition) is 2. The van der Waals surface area contributed by atoms with Crippen molar-refractivity contribution in [3.63, 3.8) is 0 Å². The van der Waals surface area contributed by atoms with Crippen LogP contribution in [0.1, 0.15) is 38.3 Å². The number of carbonyl (C=O) groups excluding carboxylic acids is 1. The Morgan fingerprint density at radius 3 is 2.90 bits per heavy atom. The fourth-order valence-corrected chi connectivity index (χ4v) is 2.27. The van der Waals surface area contributed by atoms with Gasteiger partial charge in [-0.25, -0.2) is 0 Å². The average Bonchev–Trinajstić information content (AvgIpc) is 2.46. The molecule has 20 heavy (non-hydrogen) atoms. The molecule has 0 saturated heterocycles. The van der Waals surface area contributed by atoms with Gasteiger partial charge < -0.3 is 15.8 Å². The van der Waals surface area contributed by atoms with Crippen molar-refractivity contribution in [3.05, 3.63) is 29.8 Å². The summed E-state index contributed by atoms with van der Waals surface area (Å²) in [6.07, 6.45) is 1.69. The molecular weight excluding hydrogens is 276 g/mol. The van der Waals surface area contributed by atoms with Gasteiger partial charge >= 0.3 is 0 Å². The van der Waals surface area contributed by atoms with Gasteiger partial charge in [-0.2, -0.15) is 0 Å². The molecule has 3 atom stereocenters. The molecule has 1 aromatic carbocycles. The van der Waals surface area contributed by atoms with E-state index >= 15 is 0 Å². The topological polar surface area (TPSA) is 64.4 Å². The predicted molar refractivity (Wildman–Crippen MR) is 82.1 cm³/mol. The lowest BCUT2D eigenvalue weighted by molar-refractivity contribution is -0.124. The number of amides is 1. The van der Waals surface area contributed by atoms with Gasteiger partial charge in [0, 0.05) is 12.0 Å². The van der Waals surface area contributed by atoms with E-state index < -0.39 is 6.04 Å². The molecule has 0 saturated carbocycles. The quantitative estimate of drug-likeness (QED) is 0.897. The third-order valence-electron chi connectivity index (χ3n) is 3.83. The first-order chi connectivity index (χ1) is 9.13. The molecule has 0 aromatic heterocycles. The second-order valence-electron chi connectivity index (χ2n) is 5.15. The maximum Gasteiger partial charge on any atom is 0.237 e. The summed E-state index contributed by atoms with van der Waals surface area (Å²) in [4.78, 5) is 12.1. The van der Waals surface area contributed by atoms with Crippen LogP contribution >= 0.6 is 12.4 Å². The van der Waals surface area contributed by atoms with Crippen molar-refractivity contribution < 1.29 is 9.53 Å². The standard InChI is InChI=1S/C15H22N2O2.ClH/c1-3-10(2)14(16)15(18)17-12-8-9-19-13-7-5-4-6-11(12)13;/h4-7,10,12,14H,3,8-9,16H2,1-2H3,(H,17,18);1H. The monoisotopic (exact) mass is 298 g/mol. The molecule has 1 aliphatic heterocycles. The Labute approximate surface area is 126 Å². The number of benzene rings is 1. The Bertz CT molecular complexity index is 453. The minimum atomic E-state index is -0.444. The molecule has 0 aliphatic carbocycles. The summed E-state index contributed by atoms with van der Waals surface area (Å²) in [6.45, 7) is 4.67. The Morgan fingerprint density at radius 1 is 1.50 bits per heavy atom. The molecular formula is C15H23ClN2O2. The molecule has 0 spiro atoms. The fraction of sp³-hybridized carbons (Fsp3) is 0.533.